The second-order valence-electron chi connectivity index (χ2n) is 6.58. The quantitative estimate of drug-likeness (QED) is 0.362. The first-order valence-electron chi connectivity index (χ1n) is 8.73. The lowest BCUT2D eigenvalue weighted by Crippen LogP contribution is -2.41. The van der Waals surface area contributed by atoms with Gasteiger partial charge in [-0.15, -0.1) is 35.3 Å². The molecule has 1 saturated carbocycles. The molecular weight excluding hydrogens is 462 g/mol. The maximum absolute atomic E-state index is 13.2. The Morgan fingerprint density at radius 1 is 1.23 bits per heavy atom. The molecule has 26 heavy (non-hydrogen) atoms. The summed E-state index contributed by atoms with van der Waals surface area (Å²) in [7, 11) is 0. The first-order chi connectivity index (χ1) is 12.0. The number of aliphatic imine (C=N–C) groups is 1. The second-order valence-corrected chi connectivity index (χ2v) is 7.87. The summed E-state index contributed by atoms with van der Waals surface area (Å²) in [5.74, 6) is 0.638. The Labute approximate surface area is 175 Å². The molecule has 0 amide bonds. The number of benzene rings is 1. The summed E-state index contributed by atoms with van der Waals surface area (Å²) in [5.41, 5.74) is 2.37. The summed E-state index contributed by atoms with van der Waals surface area (Å²) in [6.07, 6.45) is 2.25. The van der Waals surface area contributed by atoms with Gasteiger partial charge in [-0.2, -0.15) is 0 Å². The highest BCUT2D eigenvalue weighted by Crippen LogP contribution is 2.47. The van der Waals surface area contributed by atoms with E-state index in [2.05, 4.69) is 22.5 Å². The molecule has 2 aromatic rings. The molecule has 1 fully saturated rings. The molecule has 0 radical (unpaired) electrons. The van der Waals surface area contributed by atoms with Gasteiger partial charge in [0.1, 0.15) is 5.82 Å². The number of aromatic nitrogens is 1. The molecule has 0 bridgehead atoms. The number of guanidine groups is 1. The van der Waals surface area contributed by atoms with Gasteiger partial charge in [0.05, 0.1) is 17.2 Å². The molecular formula is C19H26FIN4S. The van der Waals surface area contributed by atoms with Crippen molar-refractivity contribution in [3.8, 4) is 0 Å². The van der Waals surface area contributed by atoms with Crippen LogP contribution >= 0.6 is 35.3 Å². The highest BCUT2D eigenvalue weighted by atomic mass is 127. The van der Waals surface area contributed by atoms with E-state index in [0.29, 0.717) is 6.54 Å². The number of halogens is 2. The van der Waals surface area contributed by atoms with Crippen molar-refractivity contribution in [2.24, 2.45) is 4.99 Å². The average molecular weight is 488 g/mol. The maximum atomic E-state index is 13.2. The molecule has 3 rings (SSSR count). The van der Waals surface area contributed by atoms with Crippen LogP contribution in [0, 0.1) is 19.7 Å². The zero-order valence-corrected chi connectivity index (χ0v) is 18.6. The van der Waals surface area contributed by atoms with Crippen LogP contribution in [0.3, 0.4) is 0 Å². The van der Waals surface area contributed by atoms with Gasteiger partial charge >= 0.3 is 0 Å². The molecule has 142 valence electrons. The molecule has 1 aliphatic rings. The average Bonchev–Trinajstić information content (AvgIpc) is 3.30. The van der Waals surface area contributed by atoms with Crippen molar-refractivity contribution < 1.29 is 4.39 Å². The molecule has 1 aromatic heterocycles. The monoisotopic (exact) mass is 488 g/mol. The Kier molecular flexibility index (Phi) is 7.40. The van der Waals surface area contributed by atoms with Gasteiger partial charge in [-0.1, -0.05) is 12.1 Å². The standard InChI is InChI=1S/C19H25FN4S.HI/c1-4-21-18(22-11-17-13(2)24-14(3)25-17)23-12-19(9-10-19)15-5-7-16(20)8-6-15;/h5-8H,4,9-12H2,1-3H3,(H2,21,22,23);1H. The van der Waals surface area contributed by atoms with Crippen LogP contribution in [-0.2, 0) is 12.0 Å². The number of nitrogens with zero attached hydrogens (tertiary/aromatic N) is 2. The molecule has 0 aliphatic heterocycles. The van der Waals surface area contributed by atoms with Crippen molar-refractivity contribution in [3.05, 3.63) is 51.2 Å². The van der Waals surface area contributed by atoms with Gasteiger partial charge in [0.25, 0.3) is 0 Å². The van der Waals surface area contributed by atoms with Gasteiger partial charge in [-0.05, 0) is 51.3 Å². The molecule has 0 spiro atoms. The van der Waals surface area contributed by atoms with Crippen LogP contribution in [0.15, 0.2) is 29.3 Å². The summed E-state index contributed by atoms with van der Waals surface area (Å²) < 4.78 is 13.2. The maximum Gasteiger partial charge on any atom is 0.191 e. The number of hydrogen-bond acceptors (Lipinski definition) is 3. The van der Waals surface area contributed by atoms with Gasteiger partial charge in [0, 0.05) is 23.4 Å². The third kappa shape index (κ3) is 5.16. The van der Waals surface area contributed by atoms with Gasteiger partial charge in [0.2, 0.25) is 0 Å². The summed E-state index contributed by atoms with van der Waals surface area (Å²) in [4.78, 5) is 10.4. The van der Waals surface area contributed by atoms with E-state index in [1.165, 1.54) is 10.4 Å². The summed E-state index contributed by atoms with van der Waals surface area (Å²) in [6.45, 7) is 8.37. The van der Waals surface area contributed by atoms with Crippen LogP contribution in [0.1, 0.15) is 40.9 Å². The van der Waals surface area contributed by atoms with Gasteiger partial charge in [-0.25, -0.2) is 14.4 Å². The highest BCUT2D eigenvalue weighted by Gasteiger charge is 2.44. The van der Waals surface area contributed by atoms with Crippen LogP contribution in [-0.4, -0.2) is 24.0 Å². The van der Waals surface area contributed by atoms with Gasteiger partial charge in [-0.3, -0.25) is 0 Å². The molecule has 0 unspecified atom stereocenters. The Hall–Kier alpha value is -1.22. The van der Waals surface area contributed by atoms with E-state index in [4.69, 9.17) is 4.99 Å². The van der Waals surface area contributed by atoms with Crippen molar-refractivity contribution in [2.75, 3.05) is 13.1 Å². The highest BCUT2D eigenvalue weighted by molar-refractivity contribution is 14.0. The summed E-state index contributed by atoms with van der Waals surface area (Å²) in [6, 6.07) is 6.89. The van der Waals surface area contributed by atoms with Gasteiger partial charge < -0.3 is 10.6 Å². The van der Waals surface area contributed by atoms with Gasteiger partial charge in [0.15, 0.2) is 5.96 Å². The lowest BCUT2D eigenvalue weighted by Gasteiger charge is -2.19. The van der Waals surface area contributed by atoms with Crippen molar-refractivity contribution in [2.45, 2.75) is 45.6 Å². The van der Waals surface area contributed by atoms with E-state index in [1.807, 2.05) is 26.0 Å². The van der Waals surface area contributed by atoms with Crippen molar-refractivity contribution in [1.82, 2.24) is 15.6 Å². The Bertz CT molecular complexity index is 753. The molecule has 0 atom stereocenters. The van der Waals surface area contributed by atoms with E-state index in [1.54, 1.807) is 23.5 Å². The first kappa shape index (κ1) is 21.1. The molecule has 1 heterocycles. The Balaban J connectivity index is 0.00000243. The van der Waals surface area contributed by atoms with Crippen molar-refractivity contribution in [1.29, 1.82) is 0 Å². The predicted molar refractivity (Wildman–Crippen MR) is 117 cm³/mol. The van der Waals surface area contributed by atoms with Crippen LogP contribution in [0.2, 0.25) is 0 Å². The second kappa shape index (κ2) is 9.12. The minimum atomic E-state index is -0.183. The lowest BCUT2D eigenvalue weighted by atomic mass is 9.96. The summed E-state index contributed by atoms with van der Waals surface area (Å²) >= 11 is 1.70. The first-order valence-corrected chi connectivity index (χ1v) is 9.55. The molecule has 0 saturated heterocycles. The van der Waals surface area contributed by atoms with E-state index in [0.717, 1.165) is 42.6 Å². The Morgan fingerprint density at radius 2 is 1.92 bits per heavy atom. The van der Waals surface area contributed by atoms with E-state index in [9.17, 15) is 4.39 Å². The third-order valence-corrected chi connectivity index (χ3v) is 5.69. The topological polar surface area (TPSA) is 49.3 Å². The van der Waals surface area contributed by atoms with E-state index < -0.39 is 0 Å². The minimum absolute atomic E-state index is 0. The van der Waals surface area contributed by atoms with E-state index >= 15 is 0 Å². The third-order valence-electron chi connectivity index (χ3n) is 4.63. The number of nitrogens with one attached hydrogen (secondary N) is 2. The molecule has 1 aromatic carbocycles. The number of aryl methyl sites for hydroxylation is 2. The molecule has 4 nitrogen and oxygen atoms in total. The molecule has 7 heteroatoms. The fraction of sp³-hybridized carbons (Fsp3) is 0.474. The molecule has 2 N–H and O–H groups in total. The van der Waals surface area contributed by atoms with Crippen molar-refractivity contribution in [3.63, 3.8) is 0 Å². The van der Waals surface area contributed by atoms with Crippen LogP contribution < -0.4 is 10.6 Å². The zero-order chi connectivity index (χ0) is 17.9. The van der Waals surface area contributed by atoms with Crippen LogP contribution in [0.25, 0.3) is 0 Å². The zero-order valence-electron chi connectivity index (χ0n) is 15.4. The SMILES string of the molecule is CCNC(=NCc1sc(C)nc1C)NCC1(c2ccc(F)cc2)CC1.I. The number of rotatable bonds is 6. The normalized spacial score (nSPS) is 15.3. The van der Waals surface area contributed by atoms with E-state index in [-0.39, 0.29) is 35.2 Å². The summed E-state index contributed by atoms with van der Waals surface area (Å²) in [5, 5.41) is 7.84. The lowest BCUT2D eigenvalue weighted by molar-refractivity contribution is 0.617. The predicted octanol–water partition coefficient (Wildman–Crippen LogP) is 4.30. The Morgan fingerprint density at radius 3 is 2.46 bits per heavy atom. The number of hydrogen-bond donors (Lipinski definition) is 2. The molecule has 1 aliphatic carbocycles. The smallest absolute Gasteiger partial charge is 0.191 e. The number of thiazole rings is 1. The van der Waals surface area contributed by atoms with Crippen molar-refractivity contribution >= 4 is 41.3 Å². The minimum Gasteiger partial charge on any atom is -0.357 e. The van der Waals surface area contributed by atoms with Crippen LogP contribution in [0.4, 0.5) is 4.39 Å². The fourth-order valence-electron chi connectivity index (χ4n) is 2.99. The largest absolute Gasteiger partial charge is 0.357 e. The van der Waals surface area contributed by atoms with Crippen LogP contribution in [0.5, 0.6) is 0 Å². The fourth-order valence-corrected chi connectivity index (χ4v) is 3.85.